The van der Waals surface area contributed by atoms with Crippen molar-refractivity contribution in [2.24, 2.45) is 0 Å². The highest BCUT2D eigenvalue weighted by molar-refractivity contribution is 6.27. The molecule has 13 aromatic rings. The number of para-hydroxylation sites is 1. The zero-order valence-electron chi connectivity index (χ0n) is 36.0. The zero-order valence-corrected chi connectivity index (χ0v) is 36.0. The molecule has 0 atom stereocenters. The molecule has 0 aliphatic heterocycles. The van der Waals surface area contributed by atoms with E-state index in [2.05, 4.69) is 252 Å². The molecule has 3 heteroatoms. The Labute approximate surface area is 383 Å². The number of pyridine rings is 1. The van der Waals surface area contributed by atoms with Crippen LogP contribution < -0.4 is 9.80 Å². The fourth-order valence-corrected chi connectivity index (χ4v) is 10.1. The fourth-order valence-electron chi connectivity index (χ4n) is 10.1. The lowest BCUT2D eigenvalue weighted by Crippen LogP contribution is -2.10. The van der Waals surface area contributed by atoms with E-state index in [1.165, 1.54) is 64.6 Å². The molecule has 1 heterocycles. The summed E-state index contributed by atoms with van der Waals surface area (Å²) in [5, 5.41) is 14.7. The van der Waals surface area contributed by atoms with E-state index < -0.39 is 0 Å². The molecule has 0 spiro atoms. The molecule has 0 saturated carbocycles. The Morgan fingerprint density at radius 2 is 0.712 bits per heavy atom. The van der Waals surface area contributed by atoms with Crippen LogP contribution >= 0.6 is 0 Å². The topological polar surface area (TPSA) is 19.4 Å². The molecule has 0 bridgehead atoms. The van der Waals surface area contributed by atoms with E-state index in [0.29, 0.717) is 0 Å². The summed E-state index contributed by atoms with van der Waals surface area (Å²) >= 11 is 0. The molecule has 13 rings (SSSR count). The van der Waals surface area contributed by atoms with Crippen LogP contribution in [0.2, 0.25) is 0 Å². The quantitative estimate of drug-likeness (QED) is 0.142. The van der Waals surface area contributed by atoms with Gasteiger partial charge in [0.15, 0.2) is 0 Å². The Balaban J connectivity index is 0.868. The summed E-state index contributed by atoms with van der Waals surface area (Å²) in [6, 6.07) is 88.0. The van der Waals surface area contributed by atoms with E-state index >= 15 is 0 Å². The van der Waals surface area contributed by atoms with Crippen molar-refractivity contribution in [3.63, 3.8) is 0 Å². The SMILES string of the molecule is c1ccc(N(c2ccc3ccccc3c2)c2ccc3ccc4c(-c5ccc(-c6ccc(N(c7ccc8ccccc8c7)c7ccc8ccccc8c7)cc6)cn5)ccc5ccc2c3c54)cc1. The van der Waals surface area contributed by atoms with Gasteiger partial charge in [-0.3, -0.25) is 4.98 Å². The Morgan fingerprint density at radius 1 is 0.273 bits per heavy atom. The molecule has 0 aliphatic rings. The molecule has 0 fully saturated rings. The summed E-state index contributed by atoms with van der Waals surface area (Å²) in [6.07, 6.45) is 2.02. The van der Waals surface area contributed by atoms with Crippen molar-refractivity contribution in [3.05, 3.63) is 249 Å². The van der Waals surface area contributed by atoms with Crippen molar-refractivity contribution in [1.29, 1.82) is 0 Å². The van der Waals surface area contributed by atoms with Gasteiger partial charge in [0.1, 0.15) is 0 Å². The first-order valence-electron chi connectivity index (χ1n) is 22.6. The van der Waals surface area contributed by atoms with Crippen LogP contribution in [-0.4, -0.2) is 4.98 Å². The van der Waals surface area contributed by atoms with Gasteiger partial charge in [0.2, 0.25) is 0 Å². The van der Waals surface area contributed by atoms with Gasteiger partial charge in [-0.15, -0.1) is 0 Å². The minimum Gasteiger partial charge on any atom is -0.310 e. The van der Waals surface area contributed by atoms with E-state index in [-0.39, 0.29) is 0 Å². The number of aromatic nitrogens is 1. The third-order valence-electron chi connectivity index (χ3n) is 13.4. The minimum absolute atomic E-state index is 0.953. The van der Waals surface area contributed by atoms with Crippen molar-refractivity contribution >= 4 is 98.8 Å². The molecule has 0 radical (unpaired) electrons. The molecule has 308 valence electrons. The van der Waals surface area contributed by atoms with E-state index in [0.717, 1.165) is 56.5 Å². The van der Waals surface area contributed by atoms with E-state index in [9.17, 15) is 0 Å². The van der Waals surface area contributed by atoms with Crippen LogP contribution in [0, 0.1) is 0 Å². The van der Waals surface area contributed by atoms with Crippen molar-refractivity contribution in [2.45, 2.75) is 0 Å². The first kappa shape index (κ1) is 37.7. The number of benzene rings is 12. The number of hydrogen-bond acceptors (Lipinski definition) is 3. The molecule has 3 nitrogen and oxygen atoms in total. The highest BCUT2D eigenvalue weighted by Crippen LogP contribution is 2.46. The van der Waals surface area contributed by atoms with E-state index in [1.807, 2.05) is 6.20 Å². The number of fused-ring (bicyclic) bond motifs is 3. The van der Waals surface area contributed by atoms with Crippen LogP contribution in [0.1, 0.15) is 0 Å². The first-order chi connectivity index (χ1) is 32.7. The lowest BCUT2D eigenvalue weighted by molar-refractivity contribution is 1.29. The van der Waals surface area contributed by atoms with Crippen LogP contribution in [0.15, 0.2) is 249 Å². The smallest absolute Gasteiger partial charge is 0.0708 e. The second-order valence-electron chi connectivity index (χ2n) is 17.2. The summed E-state index contributed by atoms with van der Waals surface area (Å²) in [4.78, 5) is 9.90. The van der Waals surface area contributed by atoms with Crippen molar-refractivity contribution in [1.82, 2.24) is 4.98 Å². The average Bonchev–Trinajstić information content (AvgIpc) is 3.39. The lowest BCUT2D eigenvalue weighted by atomic mass is 9.90. The van der Waals surface area contributed by atoms with Gasteiger partial charge in [0.05, 0.1) is 11.4 Å². The highest BCUT2D eigenvalue weighted by atomic mass is 15.1. The van der Waals surface area contributed by atoms with Crippen molar-refractivity contribution in [2.75, 3.05) is 9.80 Å². The van der Waals surface area contributed by atoms with Gasteiger partial charge in [-0.25, -0.2) is 0 Å². The first-order valence-corrected chi connectivity index (χ1v) is 22.6. The van der Waals surface area contributed by atoms with Crippen LogP contribution in [0.5, 0.6) is 0 Å². The van der Waals surface area contributed by atoms with Crippen LogP contribution in [0.3, 0.4) is 0 Å². The Bertz CT molecular complexity index is 3850. The number of nitrogens with zero attached hydrogens (tertiary/aromatic N) is 3. The highest BCUT2D eigenvalue weighted by Gasteiger charge is 2.20. The maximum atomic E-state index is 5.15. The van der Waals surface area contributed by atoms with Gasteiger partial charge in [-0.1, -0.05) is 170 Å². The number of rotatable bonds is 8. The van der Waals surface area contributed by atoms with Gasteiger partial charge in [0, 0.05) is 51.1 Å². The molecule has 0 saturated heterocycles. The Hall–Kier alpha value is -8.79. The second-order valence-corrected chi connectivity index (χ2v) is 17.2. The molecule has 66 heavy (non-hydrogen) atoms. The number of hydrogen-bond donors (Lipinski definition) is 0. The minimum atomic E-state index is 0.953. The Morgan fingerprint density at radius 3 is 1.29 bits per heavy atom. The van der Waals surface area contributed by atoms with Gasteiger partial charge in [-0.2, -0.15) is 0 Å². The fraction of sp³-hybridized carbons (Fsp3) is 0. The van der Waals surface area contributed by atoms with Crippen molar-refractivity contribution < 1.29 is 0 Å². The zero-order chi connectivity index (χ0) is 43.6. The molecule has 12 aromatic carbocycles. The van der Waals surface area contributed by atoms with E-state index in [4.69, 9.17) is 4.98 Å². The largest absolute Gasteiger partial charge is 0.310 e. The summed E-state index contributed by atoms with van der Waals surface area (Å²) in [5.41, 5.74) is 11.0. The Kier molecular flexibility index (Phi) is 8.85. The standard InChI is InChI=1S/C63H41N3/c1-2-16-52(17-3-1)66(56-32-22-44-12-6-9-15-50(44)40-56)61-37-27-47-24-34-58-57(33-23-46-25-35-59(61)63(47)62(46)58)60-36-26-51(41-64-60)45-18-28-53(29-19-45)65(54-30-20-42-10-4-7-13-48(42)38-54)55-31-21-43-11-5-8-14-49(43)39-55/h1-41H. The third kappa shape index (κ3) is 6.40. The monoisotopic (exact) mass is 839 g/mol. The summed E-state index contributed by atoms with van der Waals surface area (Å²) in [7, 11) is 0. The maximum absolute atomic E-state index is 5.15. The average molecular weight is 840 g/mol. The summed E-state index contributed by atoms with van der Waals surface area (Å²) < 4.78 is 0. The second kappa shape index (κ2) is 15.5. The molecule has 1 aromatic heterocycles. The van der Waals surface area contributed by atoms with Crippen molar-refractivity contribution in [3.8, 4) is 22.4 Å². The predicted octanol–water partition coefficient (Wildman–Crippen LogP) is 17.7. The van der Waals surface area contributed by atoms with Gasteiger partial charge < -0.3 is 9.80 Å². The lowest BCUT2D eigenvalue weighted by Gasteiger charge is -2.28. The molecule has 0 aliphatic carbocycles. The maximum Gasteiger partial charge on any atom is 0.0708 e. The molecule has 0 N–H and O–H groups in total. The van der Waals surface area contributed by atoms with Gasteiger partial charge in [0.25, 0.3) is 0 Å². The molecule has 0 unspecified atom stereocenters. The third-order valence-corrected chi connectivity index (χ3v) is 13.4. The van der Waals surface area contributed by atoms with Crippen LogP contribution in [-0.2, 0) is 0 Å². The van der Waals surface area contributed by atoms with Crippen LogP contribution in [0.25, 0.3) is 87.0 Å². The summed E-state index contributed by atoms with van der Waals surface area (Å²) in [5.74, 6) is 0. The summed E-state index contributed by atoms with van der Waals surface area (Å²) in [6.45, 7) is 0. The van der Waals surface area contributed by atoms with E-state index in [1.54, 1.807) is 0 Å². The molecular formula is C63H41N3. The number of anilines is 6. The van der Waals surface area contributed by atoms with Crippen LogP contribution in [0.4, 0.5) is 34.1 Å². The normalized spacial score (nSPS) is 11.6. The van der Waals surface area contributed by atoms with Gasteiger partial charge >= 0.3 is 0 Å². The molecular weight excluding hydrogens is 799 g/mol. The van der Waals surface area contributed by atoms with Gasteiger partial charge in [-0.05, 0) is 138 Å². The predicted molar refractivity (Wildman–Crippen MR) is 281 cm³/mol. The molecule has 0 amide bonds.